The number of halogens is 1. The predicted molar refractivity (Wildman–Crippen MR) is 60.7 cm³/mol. The minimum absolute atomic E-state index is 0.0550. The first-order valence-electron chi connectivity index (χ1n) is 4.37. The lowest BCUT2D eigenvalue weighted by Crippen LogP contribution is -2.02. The molecule has 0 aliphatic carbocycles. The summed E-state index contributed by atoms with van der Waals surface area (Å²) in [7, 11) is 1.81. The smallest absolute Gasteiger partial charge is 0.207 e. The van der Waals surface area contributed by atoms with Crippen LogP contribution in [-0.4, -0.2) is 15.6 Å². The number of thiophene rings is 1. The molecular formula is C10H9ClN2OS. The molecule has 2 rings (SSSR count). The van der Waals surface area contributed by atoms with Gasteiger partial charge in [0.15, 0.2) is 0 Å². The number of hydrogen-bond donors (Lipinski definition) is 0. The van der Waals surface area contributed by atoms with E-state index >= 15 is 0 Å². The Morgan fingerprint density at radius 3 is 2.80 bits per heavy atom. The third kappa shape index (κ3) is 1.70. The largest absolute Gasteiger partial charge is 0.288 e. The molecule has 2 heterocycles. The van der Waals surface area contributed by atoms with Gasteiger partial charge in [-0.2, -0.15) is 5.10 Å². The summed E-state index contributed by atoms with van der Waals surface area (Å²) < 4.78 is 1.68. The van der Waals surface area contributed by atoms with E-state index in [-0.39, 0.29) is 5.78 Å². The predicted octanol–water partition coefficient (Wildman–Crippen LogP) is 2.67. The number of hydrogen-bond acceptors (Lipinski definition) is 3. The molecule has 0 N–H and O–H groups in total. The van der Waals surface area contributed by atoms with E-state index in [1.54, 1.807) is 22.3 Å². The van der Waals surface area contributed by atoms with Gasteiger partial charge in [0.05, 0.1) is 21.7 Å². The number of aromatic nitrogens is 2. The van der Waals surface area contributed by atoms with E-state index in [9.17, 15) is 4.79 Å². The van der Waals surface area contributed by atoms with Crippen molar-refractivity contribution >= 4 is 28.7 Å². The molecule has 0 fully saturated rings. The molecule has 0 aromatic carbocycles. The first kappa shape index (κ1) is 10.4. The van der Waals surface area contributed by atoms with E-state index in [4.69, 9.17) is 11.6 Å². The highest BCUT2D eigenvalue weighted by molar-refractivity contribution is 7.13. The fourth-order valence-corrected chi connectivity index (χ4v) is 2.39. The lowest BCUT2D eigenvalue weighted by molar-refractivity contribution is 0.104. The maximum absolute atomic E-state index is 12.0. The molecule has 0 saturated carbocycles. The van der Waals surface area contributed by atoms with Crippen molar-refractivity contribution < 1.29 is 4.79 Å². The zero-order chi connectivity index (χ0) is 11.0. The van der Waals surface area contributed by atoms with E-state index in [2.05, 4.69) is 5.10 Å². The second-order valence-corrected chi connectivity index (χ2v) is 4.52. The van der Waals surface area contributed by atoms with Crippen LogP contribution in [0, 0.1) is 6.92 Å². The molecule has 0 amide bonds. The Hall–Kier alpha value is -1.13. The maximum Gasteiger partial charge on any atom is 0.207 e. The average molecular weight is 241 g/mol. The molecule has 3 nitrogen and oxygen atoms in total. The molecule has 0 aliphatic heterocycles. The average Bonchev–Trinajstić information content (AvgIpc) is 2.75. The Kier molecular flexibility index (Phi) is 2.63. The first-order valence-corrected chi connectivity index (χ1v) is 5.63. The van der Waals surface area contributed by atoms with Crippen molar-refractivity contribution in [1.82, 2.24) is 9.78 Å². The molecule has 0 aliphatic rings. The van der Waals surface area contributed by atoms with E-state index in [0.29, 0.717) is 15.5 Å². The molecule has 0 bridgehead atoms. The molecule has 2 aromatic rings. The van der Waals surface area contributed by atoms with E-state index in [1.165, 1.54) is 11.3 Å². The Labute approximate surface area is 96.3 Å². The summed E-state index contributed by atoms with van der Waals surface area (Å²) in [6.07, 6.45) is 1.58. The summed E-state index contributed by atoms with van der Waals surface area (Å²) in [5.74, 6) is -0.0550. The van der Waals surface area contributed by atoms with Gasteiger partial charge in [-0.15, -0.1) is 11.3 Å². The Morgan fingerprint density at radius 1 is 1.60 bits per heavy atom. The highest BCUT2D eigenvalue weighted by Gasteiger charge is 2.18. The van der Waals surface area contributed by atoms with Crippen LogP contribution in [0.4, 0.5) is 0 Å². The van der Waals surface area contributed by atoms with Gasteiger partial charge >= 0.3 is 0 Å². The fraction of sp³-hybridized carbons (Fsp3) is 0.200. The topological polar surface area (TPSA) is 34.9 Å². The standard InChI is InChI=1S/C10H9ClN2OS/c1-6-7(5-12-13(6)2)9(14)10-8(11)3-4-15-10/h3-5H,1-2H3. The minimum atomic E-state index is -0.0550. The SMILES string of the molecule is Cc1c(C(=O)c2sccc2Cl)cnn1C. The highest BCUT2D eigenvalue weighted by atomic mass is 35.5. The Bertz CT molecular complexity index is 515. The zero-order valence-electron chi connectivity index (χ0n) is 8.32. The number of ketones is 1. The lowest BCUT2D eigenvalue weighted by atomic mass is 10.1. The van der Waals surface area contributed by atoms with Gasteiger partial charge < -0.3 is 0 Å². The van der Waals surface area contributed by atoms with Crippen molar-refractivity contribution in [2.24, 2.45) is 7.05 Å². The first-order chi connectivity index (χ1) is 7.11. The molecule has 78 valence electrons. The third-order valence-corrected chi connectivity index (χ3v) is 3.64. The lowest BCUT2D eigenvalue weighted by Gasteiger charge is -1.98. The normalized spacial score (nSPS) is 10.6. The molecule has 15 heavy (non-hydrogen) atoms. The zero-order valence-corrected chi connectivity index (χ0v) is 9.89. The van der Waals surface area contributed by atoms with Crippen LogP contribution in [0.2, 0.25) is 5.02 Å². The number of rotatable bonds is 2. The van der Waals surface area contributed by atoms with Crippen LogP contribution in [0.25, 0.3) is 0 Å². The summed E-state index contributed by atoms with van der Waals surface area (Å²) in [4.78, 5) is 12.6. The van der Waals surface area contributed by atoms with E-state index < -0.39 is 0 Å². The van der Waals surface area contributed by atoms with Crippen molar-refractivity contribution in [2.45, 2.75) is 6.92 Å². The summed E-state index contributed by atoms with van der Waals surface area (Å²) >= 11 is 7.26. The monoisotopic (exact) mass is 240 g/mol. The van der Waals surface area contributed by atoms with Crippen LogP contribution >= 0.6 is 22.9 Å². The Morgan fingerprint density at radius 2 is 2.33 bits per heavy atom. The fourth-order valence-electron chi connectivity index (χ4n) is 1.30. The maximum atomic E-state index is 12.0. The van der Waals surface area contributed by atoms with Gasteiger partial charge in [0.25, 0.3) is 0 Å². The summed E-state index contributed by atoms with van der Waals surface area (Å²) in [5, 5.41) is 6.35. The summed E-state index contributed by atoms with van der Waals surface area (Å²) in [6.45, 7) is 1.86. The molecular weight excluding hydrogens is 232 g/mol. The van der Waals surface area contributed by atoms with E-state index in [0.717, 1.165) is 5.69 Å². The quantitative estimate of drug-likeness (QED) is 0.757. The second-order valence-electron chi connectivity index (χ2n) is 3.19. The number of carbonyl (C=O) groups is 1. The van der Waals surface area contributed by atoms with Crippen molar-refractivity contribution in [3.63, 3.8) is 0 Å². The van der Waals surface area contributed by atoms with Crippen LogP contribution in [0.15, 0.2) is 17.6 Å². The van der Waals surface area contributed by atoms with Crippen LogP contribution in [0.1, 0.15) is 20.9 Å². The molecule has 5 heteroatoms. The van der Waals surface area contributed by atoms with Crippen molar-refractivity contribution in [3.05, 3.63) is 38.8 Å². The molecule has 0 radical (unpaired) electrons. The van der Waals surface area contributed by atoms with E-state index in [1.807, 2.05) is 14.0 Å². The number of nitrogens with zero attached hydrogens (tertiary/aromatic N) is 2. The van der Waals surface area contributed by atoms with Crippen LogP contribution in [-0.2, 0) is 7.05 Å². The van der Waals surface area contributed by atoms with Crippen LogP contribution in [0.3, 0.4) is 0 Å². The van der Waals surface area contributed by atoms with Gasteiger partial charge in [0.2, 0.25) is 5.78 Å². The van der Waals surface area contributed by atoms with Crippen LogP contribution < -0.4 is 0 Å². The minimum Gasteiger partial charge on any atom is -0.288 e. The Balaban J connectivity index is 2.46. The van der Waals surface area contributed by atoms with Crippen LogP contribution in [0.5, 0.6) is 0 Å². The third-order valence-electron chi connectivity index (χ3n) is 2.30. The van der Waals surface area contributed by atoms with Gasteiger partial charge in [0, 0.05) is 12.7 Å². The van der Waals surface area contributed by atoms with Gasteiger partial charge in [0.1, 0.15) is 0 Å². The van der Waals surface area contributed by atoms with Crippen molar-refractivity contribution in [1.29, 1.82) is 0 Å². The van der Waals surface area contributed by atoms with Gasteiger partial charge in [-0.1, -0.05) is 11.6 Å². The van der Waals surface area contributed by atoms with Gasteiger partial charge in [-0.05, 0) is 18.4 Å². The molecule has 2 aromatic heterocycles. The molecule has 0 atom stereocenters. The summed E-state index contributed by atoms with van der Waals surface area (Å²) in [6, 6.07) is 1.73. The van der Waals surface area contributed by atoms with Crippen molar-refractivity contribution in [3.8, 4) is 0 Å². The van der Waals surface area contributed by atoms with Gasteiger partial charge in [-0.25, -0.2) is 0 Å². The van der Waals surface area contributed by atoms with Crippen molar-refractivity contribution in [2.75, 3.05) is 0 Å². The second kappa shape index (κ2) is 3.79. The highest BCUT2D eigenvalue weighted by Crippen LogP contribution is 2.25. The molecule has 0 spiro atoms. The molecule has 0 saturated heterocycles. The van der Waals surface area contributed by atoms with Gasteiger partial charge in [-0.3, -0.25) is 9.48 Å². The summed E-state index contributed by atoms with van der Waals surface area (Å²) in [5.41, 5.74) is 1.46. The number of carbonyl (C=O) groups excluding carboxylic acids is 1. The number of aryl methyl sites for hydroxylation is 1. The molecule has 0 unspecified atom stereocenters.